The molecule has 0 aliphatic carbocycles. The summed E-state index contributed by atoms with van der Waals surface area (Å²) < 4.78 is 5.50. The first-order chi connectivity index (χ1) is 14.0. The molecule has 148 valence electrons. The fourth-order valence-corrected chi connectivity index (χ4v) is 3.42. The maximum absolute atomic E-state index is 12.3. The molecule has 4 amide bonds. The lowest BCUT2D eigenvalue weighted by molar-refractivity contribution is -0.129. The highest BCUT2D eigenvalue weighted by Crippen LogP contribution is 2.22. The van der Waals surface area contributed by atoms with Crippen LogP contribution in [0, 0.1) is 0 Å². The molecule has 1 fully saturated rings. The zero-order valence-electron chi connectivity index (χ0n) is 15.5. The number of carbonyl (C=O) groups excluding carboxylic acids is 4. The number of nitrogens with zero attached hydrogens (tertiary/aromatic N) is 2. The number of fused-ring (bicyclic) bond motifs is 1. The van der Waals surface area contributed by atoms with E-state index in [0.717, 1.165) is 10.6 Å². The lowest BCUT2D eigenvalue weighted by atomic mass is 10.1. The zero-order chi connectivity index (χ0) is 20.4. The SMILES string of the molecule is O=C(CN1C(=O)c2ccccc2C1=O)NCC1CN(c2ccccc2)C(=O)CO1. The maximum atomic E-state index is 12.3. The third-order valence-electron chi connectivity index (χ3n) is 4.90. The van der Waals surface area contributed by atoms with Gasteiger partial charge in [-0.3, -0.25) is 24.1 Å². The second-order valence-electron chi connectivity index (χ2n) is 6.82. The van der Waals surface area contributed by atoms with Crippen molar-refractivity contribution in [1.29, 1.82) is 0 Å². The van der Waals surface area contributed by atoms with Crippen LogP contribution in [-0.4, -0.2) is 60.9 Å². The Morgan fingerprint density at radius 1 is 0.966 bits per heavy atom. The number of hydrogen-bond donors (Lipinski definition) is 1. The predicted molar refractivity (Wildman–Crippen MR) is 103 cm³/mol. The van der Waals surface area contributed by atoms with E-state index in [0.29, 0.717) is 17.7 Å². The van der Waals surface area contributed by atoms with Gasteiger partial charge in [0.05, 0.1) is 23.8 Å². The topological polar surface area (TPSA) is 96.0 Å². The first-order valence-electron chi connectivity index (χ1n) is 9.23. The average molecular weight is 393 g/mol. The Morgan fingerprint density at radius 3 is 2.24 bits per heavy atom. The standard InChI is InChI=1S/C21H19N3O5/c25-18(12-24-20(27)16-8-4-5-9-17(16)21(24)28)22-10-15-11-23(19(26)13-29-15)14-6-2-1-3-7-14/h1-9,15H,10-13H2,(H,22,25). The fourth-order valence-electron chi connectivity index (χ4n) is 3.42. The van der Waals surface area contributed by atoms with Crippen molar-refractivity contribution in [2.75, 3.05) is 31.1 Å². The van der Waals surface area contributed by atoms with Gasteiger partial charge in [0.25, 0.3) is 17.7 Å². The fraction of sp³-hybridized carbons (Fsp3) is 0.238. The molecule has 1 saturated heterocycles. The monoisotopic (exact) mass is 393 g/mol. The number of ether oxygens (including phenoxy) is 1. The molecule has 0 aromatic heterocycles. The largest absolute Gasteiger partial charge is 0.365 e. The molecule has 2 aliphatic rings. The van der Waals surface area contributed by atoms with Crippen molar-refractivity contribution in [3.63, 3.8) is 0 Å². The van der Waals surface area contributed by atoms with Gasteiger partial charge in [-0.05, 0) is 24.3 Å². The number of rotatable bonds is 5. The highest BCUT2D eigenvalue weighted by atomic mass is 16.5. The van der Waals surface area contributed by atoms with Gasteiger partial charge in [-0.25, -0.2) is 0 Å². The lowest BCUT2D eigenvalue weighted by Crippen LogP contribution is -2.51. The number of para-hydroxylation sites is 1. The molecule has 0 spiro atoms. The molecule has 1 atom stereocenters. The molecule has 0 bridgehead atoms. The van der Waals surface area contributed by atoms with E-state index in [1.807, 2.05) is 30.3 Å². The summed E-state index contributed by atoms with van der Waals surface area (Å²) in [6, 6.07) is 15.7. The molecule has 0 radical (unpaired) electrons. The molecular formula is C21H19N3O5. The number of amides is 4. The van der Waals surface area contributed by atoms with Gasteiger partial charge in [-0.1, -0.05) is 30.3 Å². The van der Waals surface area contributed by atoms with Crippen LogP contribution >= 0.6 is 0 Å². The molecule has 29 heavy (non-hydrogen) atoms. The van der Waals surface area contributed by atoms with E-state index < -0.39 is 17.7 Å². The Hall–Kier alpha value is -3.52. The predicted octanol–water partition coefficient (Wildman–Crippen LogP) is 0.831. The van der Waals surface area contributed by atoms with Crippen LogP contribution in [0.15, 0.2) is 54.6 Å². The highest BCUT2D eigenvalue weighted by molar-refractivity contribution is 6.22. The van der Waals surface area contributed by atoms with Gasteiger partial charge in [0.2, 0.25) is 5.91 Å². The molecule has 4 rings (SSSR count). The summed E-state index contributed by atoms with van der Waals surface area (Å²) in [5, 5.41) is 2.69. The first kappa shape index (κ1) is 18.8. The first-order valence-corrected chi connectivity index (χ1v) is 9.23. The van der Waals surface area contributed by atoms with Gasteiger partial charge in [0, 0.05) is 12.2 Å². The molecule has 0 saturated carbocycles. The molecule has 1 unspecified atom stereocenters. The molecular weight excluding hydrogens is 374 g/mol. The number of carbonyl (C=O) groups is 4. The van der Waals surface area contributed by atoms with Crippen molar-refractivity contribution >= 4 is 29.3 Å². The van der Waals surface area contributed by atoms with Crippen LogP contribution in [0.25, 0.3) is 0 Å². The summed E-state index contributed by atoms with van der Waals surface area (Å²) >= 11 is 0. The summed E-state index contributed by atoms with van der Waals surface area (Å²) in [4.78, 5) is 51.7. The Labute approximate surface area is 167 Å². The van der Waals surface area contributed by atoms with E-state index >= 15 is 0 Å². The third-order valence-corrected chi connectivity index (χ3v) is 4.90. The molecule has 1 N–H and O–H groups in total. The van der Waals surface area contributed by atoms with Crippen LogP contribution in [0.1, 0.15) is 20.7 Å². The Morgan fingerprint density at radius 2 is 1.59 bits per heavy atom. The summed E-state index contributed by atoms with van der Waals surface area (Å²) in [5.74, 6) is -1.57. The smallest absolute Gasteiger partial charge is 0.262 e. The van der Waals surface area contributed by atoms with Crippen LogP contribution < -0.4 is 10.2 Å². The van der Waals surface area contributed by atoms with E-state index in [9.17, 15) is 19.2 Å². The van der Waals surface area contributed by atoms with Crippen molar-refractivity contribution in [1.82, 2.24) is 10.2 Å². The number of morpholine rings is 1. The van der Waals surface area contributed by atoms with Crippen molar-refractivity contribution in [3.05, 3.63) is 65.7 Å². The maximum Gasteiger partial charge on any atom is 0.262 e. The van der Waals surface area contributed by atoms with E-state index in [4.69, 9.17) is 4.74 Å². The van der Waals surface area contributed by atoms with Crippen molar-refractivity contribution in [3.8, 4) is 0 Å². The molecule has 8 nitrogen and oxygen atoms in total. The average Bonchev–Trinajstić information content (AvgIpc) is 2.99. The summed E-state index contributed by atoms with van der Waals surface area (Å²) in [6.45, 7) is 0.0307. The summed E-state index contributed by atoms with van der Waals surface area (Å²) in [6.07, 6.45) is -0.390. The highest BCUT2D eigenvalue weighted by Gasteiger charge is 2.36. The Kier molecular flexibility index (Phi) is 5.09. The minimum atomic E-state index is -0.476. The lowest BCUT2D eigenvalue weighted by Gasteiger charge is -2.33. The molecule has 2 aliphatic heterocycles. The molecule has 2 aromatic rings. The zero-order valence-corrected chi connectivity index (χ0v) is 15.5. The number of hydrogen-bond acceptors (Lipinski definition) is 5. The van der Waals surface area contributed by atoms with E-state index in [1.165, 1.54) is 0 Å². The molecule has 2 heterocycles. The summed E-state index contributed by atoms with van der Waals surface area (Å²) in [5.41, 5.74) is 1.37. The number of nitrogens with one attached hydrogen (secondary N) is 1. The minimum absolute atomic E-state index is 0.0756. The minimum Gasteiger partial charge on any atom is -0.365 e. The van der Waals surface area contributed by atoms with Crippen LogP contribution in [0.3, 0.4) is 0 Å². The van der Waals surface area contributed by atoms with E-state index in [1.54, 1.807) is 29.2 Å². The van der Waals surface area contributed by atoms with Crippen molar-refractivity contribution in [2.45, 2.75) is 6.10 Å². The number of imide groups is 1. The molecule has 8 heteroatoms. The second-order valence-corrected chi connectivity index (χ2v) is 6.82. The quantitative estimate of drug-likeness (QED) is 0.759. The molecule has 2 aromatic carbocycles. The van der Waals surface area contributed by atoms with Gasteiger partial charge in [0.1, 0.15) is 13.2 Å². The third kappa shape index (κ3) is 3.74. The Balaban J connectivity index is 1.33. The van der Waals surface area contributed by atoms with Gasteiger partial charge >= 0.3 is 0 Å². The second kappa shape index (κ2) is 7.84. The summed E-state index contributed by atoms with van der Waals surface area (Å²) in [7, 11) is 0. The van der Waals surface area contributed by atoms with Crippen LogP contribution in [0.4, 0.5) is 5.69 Å². The van der Waals surface area contributed by atoms with Gasteiger partial charge in [-0.2, -0.15) is 0 Å². The van der Waals surface area contributed by atoms with Crippen LogP contribution in [-0.2, 0) is 14.3 Å². The van der Waals surface area contributed by atoms with E-state index in [2.05, 4.69) is 5.32 Å². The normalized spacial score (nSPS) is 18.8. The number of anilines is 1. The van der Waals surface area contributed by atoms with Gasteiger partial charge in [0.15, 0.2) is 0 Å². The van der Waals surface area contributed by atoms with Crippen LogP contribution in [0.5, 0.6) is 0 Å². The van der Waals surface area contributed by atoms with Gasteiger partial charge in [-0.15, -0.1) is 0 Å². The Bertz CT molecular complexity index is 940. The van der Waals surface area contributed by atoms with Crippen molar-refractivity contribution < 1.29 is 23.9 Å². The van der Waals surface area contributed by atoms with Crippen molar-refractivity contribution in [2.24, 2.45) is 0 Å². The van der Waals surface area contributed by atoms with Crippen LogP contribution in [0.2, 0.25) is 0 Å². The van der Waals surface area contributed by atoms with E-state index in [-0.39, 0.29) is 31.7 Å². The van der Waals surface area contributed by atoms with Gasteiger partial charge < -0.3 is 15.0 Å². The number of benzene rings is 2.